The van der Waals surface area contributed by atoms with Gasteiger partial charge in [0, 0.05) is 22.2 Å². The second kappa shape index (κ2) is 5.16. The molecule has 0 radical (unpaired) electrons. The van der Waals surface area contributed by atoms with Crippen molar-refractivity contribution in [3.05, 3.63) is 56.8 Å². The number of carbonyl (C=O) groups is 1. The Kier molecular flexibility index (Phi) is 3.78. The summed E-state index contributed by atoms with van der Waals surface area (Å²) in [5, 5.41) is 9.78. The van der Waals surface area contributed by atoms with E-state index in [4.69, 9.17) is 16.7 Å². The molecule has 18 heavy (non-hydrogen) atoms. The minimum absolute atomic E-state index is 0.300. The van der Waals surface area contributed by atoms with Gasteiger partial charge in [-0.3, -0.25) is 0 Å². The Balaban J connectivity index is 2.37. The van der Waals surface area contributed by atoms with E-state index in [0.29, 0.717) is 17.3 Å². The van der Waals surface area contributed by atoms with E-state index in [2.05, 4.69) is 15.9 Å². The smallest absolute Gasteiger partial charge is 0.352 e. The number of hydrogen-bond acceptors (Lipinski definition) is 1. The molecule has 0 amide bonds. The quantitative estimate of drug-likeness (QED) is 0.926. The number of benzene rings is 1. The van der Waals surface area contributed by atoms with Crippen molar-refractivity contribution in [1.29, 1.82) is 0 Å². The number of carboxylic acid groups (broad SMARTS) is 1. The standard InChI is InChI=1S/C13H11BrClNO2/c1-8-4-5-16(12(8)13(17)18)7-9-2-3-10(14)6-11(9)15/h2-6H,7H2,1H3,(H,17,18). The minimum Gasteiger partial charge on any atom is -0.477 e. The molecule has 0 aliphatic rings. The number of aryl methyl sites for hydroxylation is 1. The van der Waals surface area contributed by atoms with Crippen molar-refractivity contribution in [2.24, 2.45) is 0 Å². The molecule has 1 aromatic carbocycles. The Bertz CT molecular complexity index is 607. The molecule has 2 rings (SSSR count). The molecule has 3 nitrogen and oxygen atoms in total. The third kappa shape index (κ3) is 2.60. The van der Waals surface area contributed by atoms with E-state index >= 15 is 0 Å². The Morgan fingerprint density at radius 2 is 2.17 bits per heavy atom. The van der Waals surface area contributed by atoms with E-state index in [1.165, 1.54) is 0 Å². The molecule has 0 fully saturated rings. The van der Waals surface area contributed by atoms with Gasteiger partial charge in [-0.15, -0.1) is 0 Å². The van der Waals surface area contributed by atoms with Gasteiger partial charge in [0.1, 0.15) is 5.69 Å². The van der Waals surface area contributed by atoms with Crippen LogP contribution in [0.15, 0.2) is 34.9 Å². The number of carboxylic acids is 1. The summed E-state index contributed by atoms with van der Waals surface area (Å²) >= 11 is 9.47. The molecule has 94 valence electrons. The molecule has 1 aromatic heterocycles. The lowest BCUT2D eigenvalue weighted by molar-refractivity contribution is 0.0685. The van der Waals surface area contributed by atoms with Crippen LogP contribution in [0.4, 0.5) is 0 Å². The van der Waals surface area contributed by atoms with E-state index < -0.39 is 5.97 Å². The van der Waals surface area contributed by atoms with Gasteiger partial charge in [-0.25, -0.2) is 4.79 Å². The summed E-state index contributed by atoms with van der Waals surface area (Å²) in [7, 11) is 0. The van der Waals surface area contributed by atoms with Gasteiger partial charge in [0.25, 0.3) is 0 Å². The van der Waals surface area contributed by atoms with Gasteiger partial charge in [-0.05, 0) is 36.2 Å². The summed E-state index contributed by atoms with van der Waals surface area (Å²) in [5.41, 5.74) is 1.93. The first-order valence-electron chi connectivity index (χ1n) is 5.32. The highest BCUT2D eigenvalue weighted by atomic mass is 79.9. The second-order valence-electron chi connectivity index (χ2n) is 4.02. The zero-order valence-electron chi connectivity index (χ0n) is 9.65. The van der Waals surface area contributed by atoms with Crippen molar-refractivity contribution >= 4 is 33.5 Å². The lowest BCUT2D eigenvalue weighted by atomic mass is 10.2. The Morgan fingerprint density at radius 1 is 1.44 bits per heavy atom. The van der Waals surface area contributed by atoms with Gasteiger partial charge in [-0.1, -0.05) is 33.6 Å². The monoisotopic (exact) mass is 327 g/mol. The van der Waals surface area contributed by atoms with E-state index in [-0.39, 0.29) is 0 Å². The molecule has 0 saturated heterocycles. The predicted octanol–water partition coefficient (Wildman–Crippen LogP) is 3.96. The summed E-state index contributed by atoms with van der Waals surface area (Å²) in [6, 6.07) is 7.36. The molecule has 0 unspecified atom stereocenters. The van der Waals surface area contributed by atoms with E-state index in [0.717, 1.165) is 15.6 Å². The first kappa shape index (κ1) is 13.2. The molecular formula is C13H11BrClNO2. The van der Waals surface area contributed by atoms with E-state index in [1.54, 1.807) is 29.8 Å². The normalized spacial score (nSPS) is 10.6. The highest BCUT2D eigenvalue weighted by Crippen LogP contribution is 2.23. The van der Waals surface area contributed by atoms with Crippen LogP contribution in [-0.4, -0.2) is 15.6 Å². The van der Waals surface area contributed by atoms with Gasteiger partial charge in [0.15, 0.2) is 0 Å². The Morgan fingerprint density at radius 3 is 2.78 bits per heavy atom. The minimum atomic E-state index is -0.925. The number of halogens is 2. The van der Waals surface area contributed by atoms with Crippen LogP contribution in [0, 0.1) is 6.92 Å². The fourth-order valence-electron chi connectivity index (χ4n) is 1.84. The third-order valence-electron chi connectivity index (χ3n) is 2.72. The largest absolute Gasteiger partial charge is 0.477 e. The molecular weight excluding hydrogens is 318 g/mol. The highest BCUT2D eigenvalue weighted by Gasteiger charge is 2.14. The SMILES string of the molecule is Cc1ccn(Cc2ccc(Br)cc2Cl)c1C(=O)O. The van der Waals surface area contributed by atoms with Crippen LogP contribution in [0.1, 0.15) is 21.6 Å². The van der Waals surface area contributed by atoms with Crippen molar-refractivity contribution < 1.29 is 9.90 Å². The zero-order valence-corrected chi connectivity index (χ0v) is 12.0. The number of nitrogens with zero attached hydrogens (tertiary/aromatic N) is 1. The summed E-state index contributed by atoms with van der Waals surface area (Å²) < 4.78 is 2.59. The lowest BCUT2D eigenvalue weighted by Crippen LogP contribution is -2.10. The van der Waals surface area contributed by atoms with Gasteiger partial charge < -0.3 is 9.67 Å². The molecule has 2 aromatic rings. The summed E-state index contributed by atoms with van der Waals surface area (Å²) in [6.07, 6.45) is 1.76. The van der Waals surface area contributed by atoms with E-state index in [1.807, 2.05) is 12.1 Å². The van der Waals surface area contributed by atoms with Gasteiger partial charge in [0.2, 0.25) is 0 Å². The number of aromatic carboxylic acids is 1. The molecule has 0 bridgehead atoms. The first-order valence-corrected chi connectivity index (χ1v) is 6.49. The molecule has 0 spiro atoms. The van der Waals surface area contributed by atoms with Crippen LogP contribution in [0.2, 0.25) is 5.02 Å². The molecule has 1 heterocycles. The molecule has 0 aliphatic heterocycles. The zero-order chi connectivity index (χ0) is 13.3. The summed E-state index contributed by atoms with van der Waals surface area (Å²) in [6.45, 7) is 2.23. The summed E-state index contributed by atoms with van der Waals surface area (Å²) in [5.74, 6) is -0.925. The lowest BCUT2D eigenvalue weighted by Gasteiger charge is -2.09. The Labute approximate surface area is 118 Å². The molecule has 1 N–H and O–H groups in total. The van der Waals surface area contributed by atoms with Crippen molar-refractivity contribution in [2.45, 2.75) is 13.5 Å². The predicted molar refractivity (Wildman–Crippen MR) is 74.4 cm³/mol. The van der Waals surface area contributed by atoms with Crippen LogP contribution in [0.3, 0.4) is 0 Å². The summed E-state index contributed by atoms with van der Waals surface area (Å²) in [4.78, 5) is 11.2. The first-order chi connectivity index (χ1) is 8.49. The third-order valence-corrected chi connectivity index (χ3v) is 3.57. The van der Waals surface area contributed by atoms with Crippen molar-refractivity contribution in [3.63, 3.8) is 0 Å². The van der Waals surface area contributed by atoms with E-state index in [9.17, 15) is 4.79 Å². The van der Waals surface area contributed by atoms with Crippen LogP contribution in [-0.2, 0) is 6.54 Å². The average Bonchev–Trinajstić information content (AvgIpc) is 2.64. The maximum atomic E-state index is 11.2. The van der Waals surface area contributed by atoms with Gasteiger partial charge >= 0.3 is 5.97 Å². The van der Waals surface area contributed by atoms with Crippen molar-refractivity contribution in [1.82, 2.24) is 4.57 Å². The van der Waals surface area contributed by atoms with Crippen molar-refractivity contribution in [3.8, 4) is 0 Å². The number of aromatic nitrogens is 1. The topological polar surface area (TPSA) is 42.2 Å². The van der Waals surface area contributed by atoms with Gasteiger partial charge in [0.05, 0.1) is 0 Å². The fourth-order valence-corrected chi connectivity index (χ4v) is 2.57. The maximum Gasteiger partial charge on any atom is 0.352 e. The van der Waals surface area contributed by atoms with Crippen LogP contribution in [0.5, 0.6) is 0 Å². The number of rotatable bonds is 3. The van der Waals surface area contributed by atoms with Gasteiger partial charge in [-0.2, -0.15) is 0 Å². The van der Waals surface area contributed by atoms with Crippen LogP contribution < -0.4 is 0 Å². The van der Waals surface area contributed by atoms with Crippen LogP contribution >= 0.6 is 27.5 Å². The molecule has 5 heteroatoms. The van der Waals surface area contributed by atoms with Crippen LogP contribution in [0.25, 0.3) is 0 Å². The Hall–Kier alpha value is -1.26. The molecule has 0 saturated carbocycles. The molecule has 0 aliphatic carbocycles. The molecule has 0 atom stereocenters. The second-order valence-corrected chi connectivity index (χ2v) is 5.34. The van der Waals surface area contributed by atoms with Crippen molar-refractivity contribution in [2.75, 3.05) is 0 Å². The number of hydrogen-bond donors (Lipinski definition) is 1. The highest BCUT2D eigenvalue weighted by molar-refractivity contribution is 9.10. The fraction of sp³-hybridized carbons (Fsp3) is 0.154. The maximum absolute atomic E-state index is 11.2. The average molecular weight is 329 g/mol.